The Bertz CT molecular complexity index is 629. The topological polar surface area (TPSA) is 26.0 Å². The van der Waals surface area contributed by atoms with Crippen molar-refractivity contribution >= 4 is 27.3 Å². The summed E-state index contributed by atoms with van der Waals surface area (Å²) in [4.78, 5) is 0.654. The SMILES string of the molecule is NC(Cc1sccc1Br)c1c(F)c(F)c(F)c(F)c1F. The molecule has 0 fully saturated rings. The maximum atomic E-state index is 13.6. The normalized spacial score (nSPS) is 12.8. The molecule has 2 aromatic rings. The van der Waals surface area contributed by atoms with Crippen molar-refractivity contribution in [1.29, 1.82) is 0 Å². The van der Waals surface area contributed by atoms with E-state index in [1.807, 2.05) is 0 Å². The first kappa shape index (κ1) is 15.4. The van der Waals surface area contributed by atoms with Gasteiger partial charge in [-0.2, -0.15) is 0 Å². The molecule has 0 spiro atoms. The maximum absolute atomic E-state index is 13.6. The summed E-state index contributed by atoms with van der Waals surface area (Å²) in [5.41, 5.74) is 4.60. The van der Waals surface area contributed by atoms with Crippen molar-refractivity contribution in [2.24, 2.45) is 5.73 Å². The number of thiophene rings is 1. The monoisotopic (exact) mass is 371 g/mol. The van der Waals surface area contributed by atoms with E-state index in [4.69, 9.17) is 5.73 Å². The minimum absolute atomic E-state index is 0.0450. The van der Waals surface area contributed by atoms with E-state index in [2.05, 4.69) is 15.9 Å². The van der Waals surface area contributed by atoms with Crippen LogP contribution in [0.4, 0.5) is 22.0 Å². The summed E-state index contributed by atoms with van der Waals surface area (Å²) in [7, 11) is 0. The van der Waals surface area contributed by atoms with Gasteiger partial charge in [-0.05, 0) is 27.4 Å². The van der Waals surface area contributed by atoms with Crippen molar-refractivity contribution in [3.8, 4) is 0 Å². The molecule has 1 atom stereocenters. The maximum Gasteiger partial charge on any atom is 0.200 e. The average molecular weight is 372 g/mol. The summed E-state index contributed by atoms with van der Waals surface area (Å²) in [6, 6.07) is 0.361. The van der Waals surface area contributed by atoms with Crippen LogP contribution in [0.5, 0.6) is 0 Å². The van der Waals surface area contributed by atoms with E-state index in [0.717, 1.165) is 0 Å². The van der Waals surface area contributed by atoms with Crippen LogP contribution in [0.1, 0.15) is 16.5 Å². The van der Waals surface area contributed by atoms with Gasteiger partial charge in [0, 0.05) is 27.4 Å². The highest BCUT2D eigenvalue weighted by Gasteiger charge is 2.29. The molecule has 0 aliphatic heterocycles. The second kappa shape index (κ2) is 5.79. The van der Waals surface area contributed by atoms with Crippen molar-refractivity contribution in [3.63, 3.8) is 0 Å². The van der Waals surface area contributed by atoms with Crippen molar-refractivity contribution in [1.82, 2.24) is 0 Å². The second-order valence-corrected chi connectivity index (χ2v) is 5.84. The van der Waals surface area contributed by atoms with E-state index in [-0.39, 0.29) is 6.42 Å². The van der Waals surface area contributed by atoms with Gasteiger partial charge in [0.25, 0.3) is 0 Å². The minimum Gasteiger partial charge on any atom is -0.323 e. The Hall–Kier alpha value is -0.990. The lowest BCUT2D eigenvalue weighted by Gasteiger charge is -2.15. The summed E-state index contributed by atoms with van der Waals surface area (Å²) < 4.78 is 66.9. The van der Waals surface area contributed by atoms with Gasteiger partial charge in [-0.3, -0.25) is 0 Å². The Labute approximate surface area is 123 Å². The molecule has 0 aliphatic carbocycles. The van der Waals surface area contributed by atoms with Crippen LogP contribution in [0, 0.1) is 29.1 Å². The molecule has 0 saturated heterocycles. The molecule has 0 aliphatic rings. The Morgan fingerprint density at radius 3 is 1.95 bits per heavy atom. The molecule has 1 heterocycles. The standard InChI is InChI=1S/C12H7BrF5NS/c13-4-1-2-20-6(4)3-5(19)7-8(14)10(16)12(18)11(17)9(7)15/h1-2,5H,3,19H2. The van der Waals surface area contributed by atoms with Crippen LogP contribution < -0.4 is 5.73 Å². The number of hydrogen-bond acceptors (Lipinski definition) is 2. The first-order valence-electron chi connectivity index (χ1n) is 5.33. The van der Waals surface area contributed by atoms with Crippen LogP contribution in [0.3, 0.4) is 0 Å². The third-order valence-corrected chi connectivity index (χ3v) is 4.66. The van der Waals surface area contributed by atoms with Gasteiger partial charge in [-0.1, -0.05) is 0 Å². The van der Waals surface area contributed by atoms with Gasteiger partial charge in [0.2, 0.25) is 5.82 Å². The zero-order valence-corrected chi connectivity index (χ0v) is 12.1. The molecule has 20 heavy (non-hydrogen) atoms. The van der Waals surface area contributed by atoms with Crippen molar-refractivity contribution < 1.29 is 22.0 Å². The summed E-state index contributed by atoms with van der Waals surface area (Å²) in [6.07, 6.45) is -0.0450. The molecule has 0 saturated carbocycles. The van der Waals surface area contributed by atoms with Gasteiger partial charge in [0.15, 0.2) is 23.3 Å². The summed E-state index contributed by atoms with van der Waals surface area (Å²) in [5, 5.41) is 1.71. The fraction of sp³-hybridized carbons (Fsp3) is 0.167. The lowest BCUT2D eigenvalue weighted by atomic mass is 10.0. The Morgan fingerprint density at radius 2 is 1.50 bits per heavy atom. The molecule has 0 amide bonds. The third-order valence-electron chi connectivity index (χ3n) is 2.71. The highest BCUT2D eigenvalue weighted by Crippen LogP contribution is 2.31. The number of hydrogen-bond donors (Lipinski definition) is 1. The molecule has 0 bridgehead atoms. The van der Waals surface area contributed by atoms with E-state index in [1.54, 1.807) is 11.4 Å². The largest absolute Gasteiger partial charge is 0.323 e. The van der Waals surface area contributed by atoms with Crippen molar-refractivity contribution in [2.45, 2.75) is 12.5 Å². The molecule has 1 aromatic heterocycles. The minimum atomic E-state index is -2.19. The van der Waals surface area contributed by atoms with E-state index < -0.39 is 40.7 Å². The van der Waals surface area contributed by atoms with Gasteiger partial charge < -0.3 is 5.73 Å². The first-order valence-corrected chi connectivity index (χ1v) is 7.00. The fourth-order valence-corrected chi connectivity index (χ4v) is 3.29. The average Bonchev–Trinajstić information content (AvgIpc) is 2.80. The lowest BCUT2D eigenvalue weighted by Crippen LogP contribution is -2.19. The number of halogens is 6. The van der Waals surface area contributed by atoms with Gasteiger partial charge in [-0.25, -0.2) is 22.0 Å². The molecule has 8 heteroatoms. The zero-order valence-electron chi connectivity index (χ0n) is 9.69. The Balaban J connectivity index is 2.45. The summed E-state index contributed by atoms with van der Waals surface area (Å²) in [5.74, 6) is -9.93. The molecule has 108 valence electrons. The second-order valence-electron chi connectivity index (χ2n) is 3.99. The smallest absolute Gasteiger partial charge is 0.200 e. The molecule has 1 unspecified atom stereocenters. The molecular weight excluding hydrogens is 365 g/mol. The van der Waals surface area contributed by atoms with Gasteiger partial charge >= 0.3 is 0 Å². The van der Waals surface area contributed by atoms with Crippen LogP contribution in [-0.4, -0.2) is 0 Å². The number of rotatable bonds is 3. The van der Waals surface area contributed by atoms with Crippen LogP contribution in [0.15, 0.2) is 15.9 Å². The molecule has 1 aromatic carbocycles. The van der Waals surface area contributed by atoms with Gasteiger partial charge in [-0.15, -0.1) is 11.3 Å². The van der Waals surface area contributed by atoms with Crippen LogP contribution in [0.25, 0.3) is 0 Å². The number of nitrogens with two attached hydrogens (primary N) is 1. The molecule has 1 nitrogen and oxygen atoms in total. The van der Waals surface area contributed by atoms with Gasteiger partial charge in [0.05, 0.1) is 0 Å². The Kier molecular flexibility index (Phi) is 4.46. The third kappa shape index (κ3) is 2.59. The van der Waals surface area contributed by atoms with E-state index in [9.17, 15) is 22.0 Å². The Morgan fingerprint density at radius 1 is 1.00 bits per heavy atom. The van der Waals surface area contributed by atoms with Crippen molar-refractivity contribution in [3.05, 3.63) is 55.4 Å². The lowest BCUT2D eigenvalue weighted by molar-refractivity contribution is 0.364. The predicted octanol–water partition coefficient (Wildman–Crippen LogP) is 4.45. The van der Waals surface area contributed by atoms with Crippen LogP contribution in [-0.2, 0) is 6.42 Å². The van der Waals surface area contributed by atoms with E-state index in [0.29, 0.717) is 9.35 Å². The molecule has 2 N–H and O–H groups in total. The quantitative estimate of drug-likeness (QED) is 0.481. The summed E-state index contributed by atoms with van der Waals surface area (Å²) >= 11 is 4.47. The fourth-order valence-electron chi connectivity index (χ4n) is 1.72. The van der Waals surface area contributed by atoms with Crippen LogP contribution in [0.2, 0.25) is 0 Å². The number of benzene rings is 1. The highest BCUT2D eigenvalue weighted by molar-refractivity contribution is 9.10. The van der Waals surface area contributed by atoms with E-state index >= 15 is 0 Å². The summed E-state index contributed by atoms with van der Waals surface area (Å²) in [6.45, 7) is 0. The first-order chi connectivity index (χ1) is 9.34. The van der Waals surface area contributed by atoms with Crippen LogP contribution >= 0.6 is 27.3 Å². The van der Waals surface area contributed by atoms with E-state index in [1.165, 1.54) is 11.3 Å². The molecular formula is C12H7BrF5NS. The van der Waals surface area contributed by atoms with Gasteiger partial charge in [0.1, 0.15) is 0 Å². The molecule has 0 radical (unpaired) electrons. The highest BCUT2D eigenvalue weighted by atomic mass is 79.9. The molecule has 2 rings (SSSR count). The van der Waals surface area contributed by atoms with Crippen molar-refractivity contribution in [2.75, 3.05) is 0 Å². The predicted molar refractivity (Wildman–Crippen MR) is 68.9 cm³/mol. The zero-order chi connectivity index (χ0) is 15.0.